The van der Waals surface area contributed by atoms with E-state index >= 15 is 0 Å². The maximum atomic E-state index is 12.9. The van der Waals surface area contributed by atoms with Gasteiger partial charge >= 0.3 is 0 Å². The van der Waals surface area contributed by atoms with Gasteiger partial charge in [-0.1, -0.05) is 6.07 Å². The van der Waals surface area contributed by atoms with Gasteiger partial charge in [0.25, 0.3) is 5.91 Å². The lowest BCUT2D eigenvalue weighted by Crippen LogP contribution is -2.11. The topological polar surface area (TPSA) is 64.9 Å². The van der Waals surface area contributed by atoms with Crippen LogP contribution in [0, 0.1) is 17.1 Å². The molecular formula is C20H14FN3OS. The van der Waals surface area contributed by atoms with Gasteiger partial charge in [-0.3, -0.25) is 4.79 Å². The first kappa shape index (κ1) is 17.5. The van der Waals surface area contributed by atoms with E-state index in [9.17, 15) is 9.18 Å². The molecule has 4 nitrogen and oxygen atoms in total. The minimum Gasteiger partial charge on any atom is -0.326 e. The predicted octanol–water partition coefficient (Wildman–Crippen LogP) is 5.07. The van der Waals surface area contributed by atoms with E-state index in [1.807, 2.05) is 6.07 Å². The Balaban J connectivity index is 1.60. The third-order valence-corrected chi connectivity index (χ3v) is 4.34. The van der Waals surface area contributed by atoms with E-state index in [4.69, 9.17) is 5.26 Å². The van der Waals surface area contributed by atoms with E-state index in [2.05, 4.69) is 10.0 Å². The van der Waals surface area contributed by atoms with E-state index < -0.39 is 0 Å². The molecule has 0 aliphatic rings. The quantitative estimate of drug-likeness (QED) is 0.621. The van der Waals surface area contributed by atoms with E-state index in [1.54, 1.807) is 60.7 Å². The molecule has 0 unspecified atom stereocenters. The Morgan fingerprint density at radius 2 is 1.69 bits per heavy atom. The summed E-state index contributed by atoms with van der Waals surface area (Å²) in [7, 11) is 0. The monoisotopic (exact) mass is 363 g/mol. The Bertz CT molecular complexity index is 950. The number of benzene rings is 3. The van der Waals surface area contributed by atoms with Gasteiger partial charge in [-0.25, -0.2) is 4.39 Å². The lowest BCUT2D eigenvalue weighted by Gasteiger charge is -2.08. The molecule has 0 bridgehead atoms. The zero-order valence-electron chi connectivity index (χ0n) is 13.6. The van der Waals surface area contributed by atoms with E-state index in [0.717, 1.165) is 10.6 Å². The fourth-order valence-electron chi connectivity index (χ4n) is 2.18. The van der Waals surface area contributed by atoms with Crippen LogP contribution in [-0.2, 0) is 0 Å². The Morgan fingerprint density at radius 1 is 0.962 bits per heavy atom. The standard InChI is InChI=1S/C20H14FN3OS/c21-16-6-10-19(11-7-16)26-24-17-8-4-15(5-9-17)20(25)23-18-3-1-2-14(12-18)13-22/h1-12,24H,(H,23,25). The summed E-state index contributed by atoms with van der Waals surface area (Å²) in [4.78, 5) is 13.2. The van der Waals surface area contributed by atoms with Crippen LogP contribution in [0.5, 0.6) is 0 Å². The zero-order valence-corrected chi connectivity index (χ0v) is 14.4. The Labute approximate surface area is 154 Å². The number of rotatable bonds is 5. The van der Waals surface area contributed by atoms with Crippen LogP contribution in [-0.4, -0.2) is 5.91 Å². The lowest BCUT2D eigenvalue weighted by atomic mass is 10.1. The van der Waals surface area contributed by atoms with Gasteiger partial charge in [-0.2, -0.15) is 5.26 Å². The van der Waals surface area contributed by atoms with Crippen molar-refractivity contribution in [2.45, 2.75) is 4.90 Å². The highest BCUT2D eigenvalue weighted by Crippen LogP contribution is 2.22. The molecule has 0 aromatic heterocycles. The number of halogens is 1. The molecule has 0 saturated carbocycles. The molecule has 2 N–H and O–H groups in total. The van der Waals surface area contributed by atoms with E-state index in [1.165, 1.54) is 24.1 Å². The van der Waals surface area contributed by atoms with E-state index in [0.29, 0.717) is 16.8 Å². The van der Waals surface area contributed by atoms with Gasteiger partial charge < -0.3 is 10.0 Å². The normalized spacial score (nSPS) is 10.0. The van der Waals surface area contributed by atoms with Crippen LogP contribution in [0.3, 0.4) is 0 Å². The molecular weight excluding hydrogens is 349 g/mol. The van der Waals surface area contributed by atoms with Gasteiger partial charge in [0.05, 0.1) is 11.6 Å². The van der Waals surface area contributed by atoms with Crippen molar-refractivity contribution in [1.82, 2.24) is 0 Å². The summed E-state index contributed by atoms with van der Waals surface area (Å²) in [5.41, 5.74) is 2.38. The molecule has 3 aromatic rings. The number of nitrogens with one attached hydrogen (secondary N) is 2. The largest absolute Gasteiger partial charge is 0.326 e. The summed E-state index contributed by atoms with van der Waals surface area (Å²) >= 11 is 1.36. The van der Waals surface area contributed by atoms with Crippen LogP contribution in [0.25, 0.3) is 0 Å². The number of amides is 1. The number of nitriles is 1. The smallest absolute Gasteiger partial charge is 0.255 e. The van der Waals surface area contributed by atoms with Gasteiger partial charge in [0, 0.05) is 21.8 Å². The summed E-state index contributed by atoms with van der Waals surface area (Å²) in [6.45, 7) is 0. The Hall–Kier alpha value is -3.30. The summed E-state index contributed by atoms with van der Waals surface area (Å²) < 4.78 is 16.0. The van der Waals surface area contributed by atoms with Crippen molar-refractivity contribution in [2.75, 3.05) is 10.0 Å². The highest BCUT2D eigenvalue weighted by Gasteiger charge is 2.06. The van der Waals surface area contributed by atoms with Gasteiger partial charge in [0.2, 0.25) is 0 Å². The van der Waals surface area contributed by atoms with Crippen molar-refractivity contribution in [3.63, 3.8) is 0 Å². The fraction of sp³-hybridized carbons (Fsp3) is 0. The minimum absolute atomic E-state index is 0.252. The number of carbonyl (C=O) groups excluding carboxylic acids is 1. The van der Waals surface area contributed by atoms with Gasteiger partial charge in [-0.05, 0) is 78.7 Å². The number of anilines is 2. The first-order chi connectivity index (χ1) is 12.6. The van der Waals surface area contributed by atoms with Crippen LogP contribution in [0.2, 0.25) is 0 Å². The third-order valence-electron chi connectivity index (χ3n) is 3.50. The van der Waals surface area contributed by atoms with Crippen molar-refractivity contribution in [3.05, 3.63) is 89.7 Å². The predicted molar refractivity (Wildman–Crippen MR) is 101 cm³/mol. The summed E-state index contributed by atoms with van der Waals surface area (Å²) in [6, 6.07) is 21.9. The van der Waals surface area contributed by atoms with Crippen LogP contribution < -0.4 is 10.0 Å². The molecule has 0 aliphatic carbocycles. The van der Waals surface area contributed by atoms with Gasteiger partial charge in [0.1, 0.15) is 5.82 Å². The molecule has 0 saturated heterocycles. The van der Waals surface area contributed by atoms with Crippen molar-refractivity contribution < 1.29 is 9.18 Å². The van der Waals surface area contributed by atoms with Crippen LogP contribution in [0.4, 0.5) is 15.8 Å². The Kier molecular flexibility index (Phi) is 5.52. The van der Waals surface area contributed by atoms with Crippen LogP contribution in [0.1, 0.15) is 15.9 Å². The van der Waals surface area contributed by atoms with Crippen LogP contribution >= 0.6 is 11.9 Å². The SMILES string of the molecule is N#Cc1cccc(NC(=O)c2ccc(NSc3ccc(F)cc3)cc2)c1. The van der Waals surface area contributed by atoms with Crippen LogP contribution in [0.15, 0.2) is 77.7 Å². The van der Waals surface area contributed by atoms with Crippen molar-refractivity contribution in [1.29, 1.82) is 5.26 Å². The molecule has 3 aromatic carbocycles. The van der Waals surface area contributed by atoms with Gasteiger partial charge in [0.15, 0.2) is 0 Å². The number of hydrogen-bond acceptors (Lipinski definition) is 4. The molecule has 0 radical (unpaired) electrons. The second-order valence-electron chi connectivity index (χ2n) is 5.38. The Morgan fingerprint density at radius 3 is 2.38 bits per heavy atom. The fourth-order valence-corrected chi connectivity index (χ4v) is 2.82. The van der Waals surface area contributed by atoms with Crippen molar-refractivity contribution in [3.8, 4) is 6.07 Å². The van der Waals surface area contributed by atoms with Crippen molar-refractivity contribution in [2.24, 2.45) is 0 Å². The van der Waals surface area contributed by atoms with Crippen molar-refractivity contribution >= 4 is 29.2 Å². The summed E-state index contributed by atoms with van der Waals surface area (Å²) in [5.74, 6) is -0.525. The molecule has 0 fully saturated rings. The highest BCUT2D eigenvalue weighted by atomic mass is 32.2. The second kappa shape index (κ2) is 8.19. The number of carbonyl (C=O) groups is 1. The lowest BCUT2D eigenvalue weighted by molar-refractivity contribution is 0.102. The third kappa shape index (κ3) is 4.62. The van der Waals surface area contributed by atoms with Gasteiger partial charge in [-0.15, -0.1) is 0 Å². The average Bonchev–Trinajstić information content (AvgIpc) is 2.68. The second-order valence-corrected chi connectivity index (χ2v) is 6.26. The molecule has 0 spiro atoms. The maximum absolute atomic E-state index is 12.9. The molecule has 6 heteroatoms. The first-order valence-corrected chi connectivity index (χ1v) is 8.56. The molecule has 0 heterocycles. The minimum atomic E-state index is -0.273. The highest BCUT2D eigenvalue weighted by molar-refractivity contribution is 8.00. The molecule has 26 heavy (non-hydrogen) atoms. The number of hydrogen-bond donors (Lipinski definition) is 2. The molecule has 128 valence electrons. The molecule has 0 aliphatic heterocycles. The maximum Gasteiger partial charge on any atom is 0.255 e. The molecule has 1 amide bonds. The average molecular weight is 363 g/mol. The molecule has 0 atom stereocenters. The number of nitrogens with zero attached hydrogens (tertiary/aromatic N) is 1. The van der Waals surface area contributed by atoms with E-state index in [-0.39, 0.29) is 11.7 Å². The first-order valence-electron chi connectivity index (χ1n) is 7.74. The summed E-state index contributed by atoms with van der Waals surface area (Å²) in [6.07, 6.45) is 0. The molecule has 3 rings (SSSR count). The zero-order chi connectivity index (χ0) is 18.4. The summed E-state index contributed by atoms with van der Waals surface area (Å²) in [5, 5.41) is 11.7.